The summed E-state index contributed by atoms with van der Waals surface area (Å²) in [5.41, 5.74) is 3.37. The normalized spacial score (nSPS) is 14.1. The van der Waals surface area contributed by atoms with Gasteiger partial charge in [-0.1, -0.05) is 11.6 Å². The third-order valence-electron chi connectivity index (χ3n) is 3.97. The van der Waals surface area contributed by atoms with E-state index in [0.717, 1.165) is 40.9 Å². The second kappa shape index (κ2) is 5.25. The lowest BCUT2D eigenvalue weighted by molar-refractivity contribution is 0.662. The number of benzene rings is 1. The van der Waals surface area contributed by atoms with E-state index in [-0.39, 0.29) is 0 Å². The molecular weight excluding hydrogens is 298 g/mol. The average molecular weight is 314 g/mol. The van der Waals surface area contributed by atoms with E-state index in [1.807, 2.05) is 35.7 Å². The van der Waals surface area contributed by atoms with Crippen LogP contribution in [0.2, 0.25) is 5.02 Å². The summed E-state index contributed by atoms with van der Waals surface area (Å²) >= 11 is 5.96. The molecule has 3 aromatic rings. The second-order valence-electron chi connectivity index (χ2n) is 5.60. The molecule has 0 radical (unpaired) electrons. The zero-order chi connectivity index (χ0) is 15.1. The molecule has 4 rings (SSSR count). The van der Waals surface area contributed by atoms with Crippen LogP contribution >= 0.6 is 11.6 Å². The largest absolute Gasteiger partial charge is 0.340 e. The van der Waals surface area contributed by atoms with Gasteiger partial charge in [0, 0.05) is 16.3 Å². The Balaban J connectivity index is 1.88. The highest BCUT2D eigenvalue weighted by Crippen LogP contribution is 2.29. The first-order valence-electron chi connectivity index (χ1n) is 7.48. The van der Waals surface area contributed by atoms with Gasteiger partial charge in [0.15, 0.2) is 0 Å². The third-order valence-corrected chi connectivity index (χ3v) is 4.23. The van der Waals surface area contributed by atoms with Crippen LogP contribution in [0.4, 0.5) is 11.5 Å². The molecule has 1 aromatic carbocycles. The number of aromatic nitrogens is 4. The Hall–Kier alpha value is -2.14. The summed E-state index contributed by atoms with van der Waals surface area (Å²) in [6.45, 7) is 1.89. The molecule has 0 unspecified atom stereocenters. The summed E-state index contributed by atoms with van der Waals surface area (Å²) < 4.78 is 1.81. The molecule has 1 aliphatic rings. The molecule has 112 valence electrons. The molecule has 0 atom stereocenters. The zero-order valence-corrected chi connectivity index (χ0v) is 13.1. The van der Waals surface area contributed by atoms with E-state index in [9.17, 15) is 0 Å². The molecule has 0 saturated heterocycles. The van der Waals surface area contributed by atoms with Gasteiger partial charge >= 0.3 is 0 Å². The number of nitrogens with zero attached hydrogens (tertiary/aromatic N) is 4. The third kappa shape index (κ3) is 2.31. The monoisotopic (exact) mass is 313 g/mol. The van der Waals surface area contributed by atoms with E-state index in [4.69, 9.17) is 11.6 Å². The Morgan fingerprint density at radius 2 is 1.86 bits per heavy atom. The molecule has 22 heavy (non-hydrogen) atoms. The van der Waals surface area contributed by atoms with Crippen molar-refractivity contribution in [2.24, 2.45) is 0 Å². The van der Waals surface area contributed by atoms with Gasteiger partial charge < -0.3 is 5.32 Å². The van der Waals surface area contributed by atoms with E-state index in [2.05, 4.69) is 20.4 Å². The van der Waals surface area contributed by atoms with Crippen molar-refractivity contribution in [1.82, 2.24) is 19.6 Å². The lowest BCUT2D eigenvalue weighted by Gasteiger charge is -2.20. The van der Waals surface area contributed by atoms with Gasteiger partial charge in [-0.25, -0.2) is 4.98 Å². The van der Waals surface area contributed by atoms with Crippen molar-refractivity contribution in [3.05, 3.63) is 46.4 Å². The van der Waals surface area contributed by atoms with Gasteiger partial charge in [-0.15, -0.1) is 5.10 Å². The van der Waals surface area contributed by atoms with E-state index in [0.29, 0.717) is 5.78 Å². The van der Waals surface area contributed by atoms with E-state index in [1.54, 1.807) is 0 Å². The number of rotatable bonds is 2. The first kappa shape index (κ1) is 13.5. The Morgan fingerprint density at radius 1 is 1.09 bits per heavy atom. The Bertz CT molecular complexity index is 838. The predicted molar refractivity (Wildman–Crippen MR) is 86.9 cm³/mol. The summed E-state index contributed by atoms with van der Waals surface area (Å²) in [5.74, 6) is 2.37. The van der Waals surface area contributed by atoms with E-state index >= 15 is 0 Å². The summed E-state index contributed by atoms with van der Waals surface area (Å²) in [6, 6.07) is 7.68. The van der Waals surface area contributed by atoms with Crippen LogP contribution in [0.1, 0.15) is 29.9 Å². The zero-order valence-electron chi connectivity index (χ0n) is 12.3. The molecule has 1 aliphatic carbocycles. The Kier molecular flexibility index (Phi) is 3.22. The minimum absolute atomic E-state index is 0.662. The standard InChI is InChI=1S/C16H16ClN5/c1-10-18-16-20-14-5-3-2-4-13(14)15(22(16)21-10)19-12-8-6-11(17)7-9-12/h6-9,19H,2-5H2,1H3. The highest BCUT2D eigenvalue weighted by Gasteiger charge is 2.20. The van der Waals surface area contributed by atoms with Gasteiger partial charge in [-0.2, -0.15) is 9.50 Å². The van der Waals surface area contributed by atoms with Crippen molar-refractivity contribution < 1.29 is 0 Å². The van der Waals surface area contributed by atoms with Crippen LogP contribution in [0, 0.1) is 6.92 Å². The van der Waals surface area contributed by atoms with Gasteiger partial charge in [-0.3, -0.25) is 0 Å². The highest BCUT2D eigenvalue weighted by molar-refractivity contribution is 6.30. The van der Waals surface area contributed by atoms with Gasteiger partial charge in [0.1, 0.15) is 11.6 Å². The van der Waals surface area contributed by atoms with Crippen LogP contribution in [-0.4, -0.2) is 19.6 Å². The highest BCUT2D eigenvalue weighted by atomic mass is 35.5. The van der Waals surface area contributed by atoms with Crippen molar-refractivity contribution in [2.75, 3.05) is 5.32 Å². The fraction of sp³-hybridized carbons (Fsp3) is 0.312. The fourth-order valence-electron chi connectivity index (χ4n) is 2.94. The maximum absolute atomic E-state index is 5.96. The minimum Gasteiger partial charge on any atom is -0.340 e. The minimum atomic E-state index is 0.662. The van der Waals surface area contributed by atoms with Crippen LogP contribution in [-0.2, 0) is 12.8 Å². The molecule has 0 aliphatic heterocycles. The molecule has 1 N–H and O–H groups in total. The van der Waals surface area contributed by atoms with Crippen LogP contribution < -0.4 is 5.32 Å². The van der Waals surface area contributed by atoms with Crippen molar-refractivity contribution in [3.63, 3.8) is 0 Å². The smallest absolute Gasteiger partial charge is 0.254 e. The van der Waals surface area contributed by atoms with E-state index in [1.165, 1.54) is 18.4 Å². The maximum atomic E-state index is 5.96. The van der Waals surface area contributed by atoms with Crippen LogP contribution in [0.3, 0.4) is 0 Å². The first-order chi connectivity index (χ1) is 10.7. The fourth-order valence-corrected chi connectivity index (χ4v) is 3.07. The van der Waals surface area contributed by atoms with Crippen molar-refractivity contribution in [2.45, 2.75) is 32.6 Å². The molecular formula is C16H16ClN5. The van der Waals surface area contributed by atoms with Gasteiger partial charge in [0.2, 0.25) is 0 Å². The lowest BCUT2D eigenvalue weighted by atomic mass is 9.96. The molecule has 0 saturated carbocycles. The van der Waals surface area contributed by atoms with Gasteiger partial charge in [0.25, 0.3) is 5.78 Å². The summed E-state index contributed by atoms with van der Waals surface area (Å²) in [7, 11) is 0. The Labute approximate surface area is 133 Å². The van der Waals surface area contributed by atoms with Crippen molar-refractivity contribution >= 4 is 28.9 Å². The lowest BCUT2D eigenvalue weighted by Crippen LogP contribution is -2.13. The van der Waals surface area contributed by atoms with E-state index < -0.39 is 0 Å². The molecule has 5 nitrogen and oxygen atoms in total. The van der Waals surface area contributed by atoms with Crippen LogP contribution in [0.25, 0.3) is 5.78 Å². The molecule has 0 bridgehead atoms. The topological polar surface area (TPSA) is 55.1 Å². The van der Waals surface area contributed by atoms with Gasteiger partial charge in [-0.05, 0) is 56.9 Å². The summed E-state index contributed by atoms with van der Waals surface area (Å²) in [6.07, 6.45) is 4.40. The molecule has 0 amide bonds. The summed E-state index contributed by atoms with van der Waals surface area (Å²) in [4.78, 5) is 9.10. The number of nitrogens with one attached hydrogen (secondary N) is 1. The molecule has 6 heteroatoms. The van der Waals surface area contributed by atoms with Crippen molar-refractivity contribution in [3.8, 4) is 0 Å². The molecule has 2 heterocycles. The molecule has 0 spiro atoms. The molecule has 2 aromatic heterocycles. The molecule has 0 fully saturated rings. The number of aryl methyl sites for hydroxylation is 2. The number of hydrogen-bond donors (Lipinski definition) is 1. The van der Waals surface area contributed by atoms with Crippen LogP contribution in [0.5, 0.6) is 0 Å². The first-order valence-corrected chi connectivity index (χ1v) is 7.86. The second-order valence-corrected chi connectivity index (χ2v) is 6.03. The van der Waals surface area contributed by atoms with Gasteiger partial charge in [0.05, 0.1) is 5.69 Å². The predicted octanol–water partition coefficient (Wildman–Crippen LogP) is 3.71. The Morgan fingerprint density at radius 3 is 2.68 bits per heavy atom. The average Bonchev–Trinajstić information content (AvgIpc) is 2.89. The maximum Gasteiger partial charge on any atom is 0.254 e. The quantitative estimate of drug-likeness (QED) is 0.783. The number of anilines is 2. The number of hydrogen-bond acceptors (Lipinski definition) is 4. The number of fused-ring (bicyclic) bond motifs is 2. The summed E-state index contributed by atoms with van der Waals surface area (Å²) in [5, 5.41) is 8.69. The van der Waals surface area contributed by atoms with Crippen molar-refractivity contribution in [1.29, 1.82) is 0 Å². The van der Waals surface area contributed by atoms with Crippen LogP contribution in [0.15, 0.2) is 24.3 Å². The number of halogens is 1. The SMILES string of the molecule is Cc1nc2nc3c(c(Nc4ccc(Cl)cc4)n2n1)CCCC3.